The molecule has 1 aliphatic rings. The van der Waals surface area contributed by atoms with Crippen LogP contribution in [-0.2, 0) is 0 Å². The Labute approximate surface area is 133 Å². The van der Waals surface area contributed by atoms with Gasteiger partial charge in [0.25, 0.3) is 0 Å². The van der Waals surface area contributed by atoms with Gasteiger partial charge in [-0.05, 0) is 77.0 Å². The monoisotopic (exact) mass is 288 g/mol. The fourth-order valence-electron chi connectivity index (χ4n) is 2.81. The van der Waals surface area contributed by atoms with Crippen molar-refractivity contribution in [2.75, 3.05) is 0 Å². The summed E-state index contributed by atoms with van der Waals surface area (Å²) in [6, 6.07) is 0. The zero-order chi connectivity index (χ0) is 14.8. The molecule has 120 valence electrons. The molecule has 0 aromatic rings. The summed E-state index contributed by atoms with van der Waals surface area (Å²) < 4.78 is 0. The Balaban J connectivity index is 2.16. The quantitative estimate of drug-likeness (QED) is 0.404. The molecule has 0 N–H and O–H groups in total. The van der Waals surface area contributed by atoms with E-state index in [1.807, 2.05) is 0 Å². The van der Waals surface area contributed by atoms with Gasteiger partial charge in [0.15, 0.2) is 0 Å². The van der Waals surface area contributed by atoms with Crippen LogP contribution in [0.5, 0.6) is 0 Å². The average Bonchev–Trinajstić information content (AvgIpc) is 2.50. The maximum absolute atomic E-state index is 2.40. The van der Waals surface area contributed by atoms with Crippen molar-refractivity contribution in [3.63, 3.8) is 0 Å². The van der Waals surface area contributed by atoms with Gasteiger partial charge in [-0.25, -0.2) is 0 Å². The van der Waals surface area contributed by atoms with Crippen LogP contribution in [0.1, 0.15) is 96.3 Å². The molecule has 1 rings (SSSR count). The van der Waals surface area contributed by atoms with Crippen LogP contribution in [0.2, 0.25) is 0 Å². The van der Waals surface area contributed by atoms with Gasteiger partial charge in [0, 0.05) is 0 Å². The molecule has 0 saturated heterocycles. The number of rotatable bonds is 0. The lowest BCUT2D eigenvalue weighted by molar-refractivity contribution is 0.684. The Morgan fingerprint density at radius 2 is 0.429 bits per heavy atom. The van der Waals surface area contributed by atoms with Gasteiger partial charge in [-0.15, -0.1) is 0 Å². The van der Waals surface area contributed by atoms with Gasteiger partial charge in [0.1, 0.15) is 0 Å². The smallest absolute Gasteiger partial charge is 0.0351 e. The molecule has 0 heterocycles. The molecule has 0 atom stereocenters. The lowest BCUT2D eigenvalue weighted by Gasteiger charge is -1.97. The van der Waals surface area contributed by atoms with Gasteiger partial charge >= 0.3 is 0 Å². The fraction of sp³-hybridized carbons (Fsp3) is 0.714. The van der Waals surface area contributed by atoms with E-state index in [2.05, 4.69) is 36.5 Å². The molecular formula is C21H36. The maximum atomic E-state index is 2.40. The maximum Gasteiger partial charge on any atom is -0.0351 e. The summed E-state index contributed by atoms with van der Waals surface area (Å²) in [5.41, 5.74) is 0. The molecule has 0 fully saturated rings. The van der Waals surface area contributed by atoms with Crippen LogP contribution in [-0.4, -0.2) is 0 Å². The van der Waals surface area contributed by atoms with Crippen LogP contribution in [0.15, 0.2) is 36.5 Å². The summed E-state index contributed by atoms with van der Waals surface area (Å²) in [4.78, 5) is 0. The molecular weight excluding hydrogens is 252 g/mol. The van der Waals surface area contributed by atoms with Crippen LogP contribution in [0.3, 0.4) is 0 Å². The zero-order valence-electron chi connectivity index (χ0n) is 14.1. The highest BCUT2D eigenvalue weighted by atomic mass is 14.0. The first-order chi connectivity index (χ1) is 10.5. The third-order valence-corrected chi connectivity index (χ3v) is 4.22. The van der Waals surface area contributed by atoms with Crippen LogP contribution < -0.4 is 0 Å². The van der Waals surface area contributed by atoms with E-state index >= 15 is 0 Å². The first-order valence-corrected chi connectivity index (χ1v) is 9.45. The second-order valence-corrected chi connectivity index (χ2v) is 6.33. The fourth-order valence-corrected chi connectivity index (χ4v) is 2.81. The number of hydrogen-bond donors (Lipinski definition) is 0. The highest BCUT2D eigenvalue weighted by molar-refractivity contribution is 4.84. The lowest BCUT2D eigenvalue weighted by Crippen LogP contribution is -1.77. The minimum absolute atomic E-state index is 1.28. The summed E-state index contributed by atoms with van der Waals surface area (Å²) in [7, 11) is 0. The van der Waals surface area contributed by atoms with E-state index in [4.69, 9.17) is 0 Å². The molecule has 21 heavy (non-hydrogen) atoms. The Hall–Kier alpha value is -0.780. The molecule has 0 amide bonds. The van der Waals surface area contributed by atoms with Crippen molar-refractivity contribution in [2.45, 2.75) is 96.3 Å². The van der Waals surface area contributed by atoms with Gasteiger partial charge in [-0.3, -0.25) is 0 Å². The van der Waals surface area contributed by atoms with Gasteiger partial charge in [-0.2, -0.15) is 0 Å². The molecule has 1 aliphatic carbocycles. The van der Waals surface area contributed by atoms with Gasteiger partial charge in [0.2, 0.25) is 0 Å². The largest absolute Gasteiger partial charge is 0.0885 e. The summed E-state index contributed by atoms with van der Waals surface area (Å²) in [6.45, 7) is 0. The highest BCUT2D eigenvalue weighted by Crippen LogP contribution is 2.10. The summed E-state index contributed by atoms with van der Waals surface area (Å²) in [6.07, 6.45) is 34.5. The van der Waals surface area contributed by atoms with E-state index in [0.717, 1.165) is 0 Å². The Bertz CT molecular complexity index is 211. The minimum atomic E-state index is 1.28. The van der Waals surface area contributed by atoms with Crippen LogP contribution in [0.4, 0.5) is 0 Å². The van der Waals surface area contributed by atoms with E-state index in [1.54, 1.807) is 0 Å². The molecule has 0 heteroatoms. The van der Waals surface area contributed by atoms with Crippen molar-refractivity contribution in [1.29, 1.82) is 0 Å². The summed E-state index contributed by atoms with van der Waals surface area (Å²) >= 11 is 0. The Morgan fingerprint density at radius 3 is 0.619 bits per heavy atom. The first kappa shape index (κ1) is 18.3. The van der Waals surface area contributed by atoms with E-state index in [-0.39, 0.29) is 0 Å². The molecule has 0 nitrogen and oxygen atoms in total. The van der Waals surface area contributed by atoms with Gasteiger partial charge in [-0.1, -0.05) is 55.7 Å². The summed E-state index contributed by atoms with van der Waals surface area (Å²) in [5, 5.41) is 0. The van der Waals surface area contributed by atoms with Crippen molar-refractivity contribution >= 4 is 0 Å². The predicted molar refractivity (Wildman–Crippen MR) is 96.7 cm³/mol. The standard InChI is InChI=1S/C21H36/c1-2-4-6-8-10-12-14-16-18-20-21-19-17-15-13-11-9-7-5-3-1/h1-2,13-16H,3-12,17-21H2/b2-1+,15-13+,16-14?. The van der Waals surface area contributed by atoms with E-state index in [9.17, 15) is 0 Å². The average molecular weight is 289 g/mol. The minimum Gasteiger partial charge on any atom is -0.0885 e. The van der Waals surface area contributed by atoms with Gasteiger partial charge < -0.3 is 0 Å². The second kappa shape index (κ2) is 15.6. The third-order valence-electron chi connectivity index (χ3n) is 4.22. The molecule has 0 saturated carbocycles. The highest BCUT2D eigenvalue weighted by Gasteiger charge is 1.90. The molecule has 0 spiro atoms. The zero-order valence-corrected chi connectivity index (χ0v) is 14.1. The third kappa shape index (κ3) is 13.9. The van der Waals surface area contributed by atoms with Crippen molar-refractivity contribution in [3.05, 3.63) is 36.5 Å². The van der Waals surface area contributed by atoms with Crippen LogP contribution >= 0.6 is 0 Å². The van der Waals surface area contributed by atoms with Crippen molar-refractivity contribution < 1.29 is 0 Å². The Morgan fingerprint density at radius 1 is 0.238 bits per heavy atom. The molecule has 0 radical (unpaired) electrons. The normalized spacial score (nSPS) is 24.8. The van der Waals surface area contributed by atoms with Crippen LogP contribution in [0, 0.1) is 0 Å². The summed E-state index contributed by atoms with van der Waals surface area (Å²) in [5.74, 6) is 0. The van der Waals surface area contributed by atoms with E-state index in [1.165, 1.54) is 96.3 Å². The predicted octanol–water partition coefficient (Wildman–Crippen LogP) is 7.52. The van der Waals surface area contributed by atoms with Crippen molar-refractivity contribution in [1.82, 2.24) is 0 Å². The van der Waals surface area contributed by atoms with E-state index < -0.39 is 0 Å². The van der Waals surface area contributed by atoms with Gasteiger partial charge in [0.05, 0.1) is 0 Å². The van der Waals surface area contributed by atoms with Crippen molar-refractivity contribution in [2.24, 2.45) is 0 Å². The molecule has 0 unspecified atom stereocenters. The van der Waals surface area contributed by atoms with E-state index in [0.29, 0.717) is 0 Å². The lowest BCUT2D eigenvalue weighted by atomic mass is 10.1. The second-order valence-electron chi connectivity index (χ2n) is 6.33. The number of allylic oxidation sites excluding steroid dienone is 6. The first-order valence-electron chi connectivity index (χ1n) is 9.45. The SMILES string of the molecule is C1=CCCCCC/C=C/CCCCC/C=C/CCCCC1. The molecule has 0 aromatic carbocycles. The molecule has 0 aromatic heterocycles. The molecule has 0 aliphatic heterocycles. The topological polar surface area (TPSA) is 0 Å². The Kier molecular flexibility index (Phi) is 13.6. The van der Waals surface area contributed by atoms with Crippen LogP contribution in [0.25, 0.3) is 0 Å². The molecule has 0 bridgehead atoms. The van der Waals surface area contributed by atoms with Crippen molar-refractivity contribution in [3.8, 4) is 0 Å². The number of hydrogen-bond acceptors (Lipinski definition) is 0.